The Morgan fingerprint density at radius 3 is 2.54 bits per heavy atom. The number of nitrogens with one attached hydrogen (secondary N) is 1. The Morgan fingerprint density at radius 1 is 1.06 bits per heavy atom. The van der Waals surface area contributed by atoms with Gasteiger partial charge in [-0.15, -0.1) is 11.3 Å². The molecule has 6 nitrogen and oxygen atoms in total. The lowest BCUT2D eigenvalue weighted by Gasteiger charge is -2.32. The lowest BCUT2D eigenvalue weighted by atomic mass is 9.99. The Hall–Kier alpha value is -3.32. The summed E-state index contributed by atoms with van der Waals surface area (Å²) >= 11 is 1.54. The number of anilines is 1. The molecule has 1 N–H and O–H groups in total. The first-order chi connectivity index (χ1) is 17.1. The lowest BCUT2D eigenvalue weighted by molar-refractivity contribution is -0.127. The molecule has 1 atom stereocenters. The molecule has 7 heteroatoms. The van der Waals surface area contributed by atoms with Crippen molar-refractivity contribution in [1.82, 2.24) is 5.32 Å². The second-order valence-corrected chi connectivity index (χ2v) is 10.1. The molecule has 2 heterocycles. The van der Waals surface area contributed by atoms with Gasteiger partial charge in [0.25, 0.3) is 0 Å². The number of thiophene rings is 1. The van der Waals surface area contributed by atoms with Crippen LogP contribution in [0.15, 0.2) is 60.0 Å². The van der Waals surface area contributed by atoms with E-state index in [2.05, 4.69) is 12.2 Å². The Morgan fingerprint density at radius 2 is 1.83 bits per heavy atom. The molecule has 3 aromatic rings. The van der Waals surface area contributed by atoms with Crippen molar-refractivity contribution in [1.29, 1.82) is 0 Å². The first kappa shape index (κ1) is 23.4. The first-order valence-corrected chi connectivity index (χ1v) is 13.1. The average Bonchev–Trinajstić information content (AvgIpc) is 3.65. The summed E-state index contributed by atoms with van der Waals surface area (Å²) in [6, 6.07) is 16.7. The zero-order valence-electron chi connectivity index (χ0n) is 19.9. The Bertz CT molecular complexity index is 1170. The molecule has 5 rings (SSSR count). The van der Waals surface area contributed by atoms with Crippen LogP contribution in [0.2, 0.25) is 0 Å². The van der Waals surface area contributed by atoms with Crippen molar-refractivity contribution < 1.29 is 19.1 Å². The molecule has 1 aliphatic carbocycles. The lowest BCUT2D eigenvalue weighted by Crippen LogP contribution is -2.46. The van der Waals surface area contributed by atoms with E-state index in [0.717, 1.165) is 42.5 Å². The van der Waals surface area contributed by atoms with Gasteiger partial charge in [0.05, 0.1) is 6.42 Å². The fourth-order valence-corrected chi connectivity index (χ4v) is 5.52. The molecule has 2 amide bonds. The summed E-state index contributed by atoms with van der Waals surface area (Å²) in [7, 11) is 0. The number of ether oxygens (including phenoxy) is 2. The highest BCUT2D eigenvalue weighted by Gasteiger charge is 2.35. The number of carbonyl (C=O) groups excluding carboxylic acids is 2. The van der Waals surface area contributed by atoms with Crippen LogP contribution < -0.4 is 19.7 Å². The van der Waals surface area contributed by atoms with Gasteiger partial charge in [0, 0.05) is 22.7 Å². The quantitative estimate of drug-likeness (QED) is 0.458. The van der Waals surface area contributed by atoms with Gasteiger partial charge >= 0.3 is 0 Å². The van der Waals surface area contributed by atoms with Gasteiger partial charge < -0.3 is 14.8 Å². The Balaban J connectivity index is 1.56. The molecule has 35 heavy (non-hydrogen) atoms. The standard InChI is InChI=1S/C28H30N2O4S/c1-2-19-9-11-20(12-10-19)27(28(32)29-21-6-3-4-7-21)30(26(31)17-23-8-5-15-35-23)22-13-14-24-25(16-22)34-18-33-24/h5,8-16,21,27H,2-4,6-7,17-18H2,1H3,(H,29,32)/t27-/m1/s1. The molecule has 0 radical (unpaired) electrons. The van der Waals surface area contributed by atoms with Gasteiger partial charge in [-0.3, -0.25) is 14.5 Å². The van der Waals surface area contributed by atoms with E-state index in [1.165, 1.54) is 16.9 Å². The molecule has 0 saturated heterocycles. The number of benzene rings is 2. The minimum Gasteiger partial charge on any atom is -0.454 e. The maximum atomic E-state index is 13.9. The highest BCUT2D eigenvalue weighted by atomic mass is 32.1. The van der Waals surface area contributed by atoms with Crippen molar-refractivity contribution >= 4 is 28.8 Å². The maximum absolute atomic E-state index is 13.9. The zero-order valence-corrected chi connectivity index (χ0v) is 20.7. The van der Waals surface area contributed by atoms with Gasteiger partial charge in [0.1, 0.15) is 6.04 Å². The number of rotatable bonds is 8. The van der Waals surface area contributed by atoms with Gasteiger partial charge in [-0.05, 0) is 54.0 Å². The SMILES string of the molecule is CCc1ccc([C@H](C(=O)NC2CCCC2)N(C(=O)Cc2cccs2)c2ccc3c(c2)OCO3)cc1. The zero-order chi connectivity index (χ0) is 24.2. The van der Waals surface area contributed by atoms with E-state index in [4.69, 9.17) is 9.47 Å². The van der Waals surface area contributed by atoms with Gasteiger partial charge in [0.2, 0.25) is 18.6 Å². The summed E-state index contributed by atoms with van der Waals surface area (Å²) in [5, 5.41) is 5.20. The second kappa shape index (κ2) is 10.5. The van der Waals surface area contributed by atoms with Crippen molar-refractivity contribution in [3.05, 3.63) is 76.0 Å². The number of nitrogens with zero attached hydrogens (tertiary/aromatic N) is 1. The number of carbonyl (C=O) groups is 2. The summed E-state index contributed by atoms with van der Waals surface area (Å²) < 4.78 is 11.1. The Kier molecular flexibility index (Phi) is 7.04. The summed E-state index contributed by atoms with van der Waals surface area (Å²) in [5.74, 6) is 0.919. The number of hydrogen-bond acceptors (Lipinski definition) is 5. The minimum absolute atomic E-state index is 0.141. The van der Waals surface area contributed by atoms with E-state index in [1.54, 1.807) is 17.0 Å². The van der Waals surface area contributed by atoms with Gasteiger partial charge in [0.15, 0.2) is 11.5 Å². The summed E-state index contributed by atoms with van der Waals surface area (Å²) in [4.78, 5) is 30.3. The van der Waals surface area contributed by atoms with E-state index in [-0.39, 0.29) is 31.1 Å². The van der Waals surface area contributed by atoms with Crippen LogP contribution in [-0.2, 0) is 22.4 Å². The van der Waals surface area contributed by atoms with Crippen molar-refractivity contribution in [2.24, 2.45) is 0 Å². The molecule has 0 unspecified atom stereocenters. The average molecular weight is 491 g/mol. The highest BCUT2D eigenvalue weighted by Crippen LogP contribution is 2.38. The minimum atomic E-state index is -0.797. The summed E-state index contributed by atoms with van der Waals surface area (Å²) in [6.07, 6.45) is 5.30. The molecule has 1 aromatic heterocycles. The molecule has 1 aliphatic heterocycles. The van der Waals surface area contributed by atoms with Crippen molar-refractivity contribution in [3.63, 3.8) is 0 Å². The Labute approximate surface area is 209 Å². The molecule has 0 spiro atoms. The predicted molar refractivity (Wildman–Crippen MR) is 137 cm³/mol. The fraction of sp³-hybridized carbons (Fsp3) is 0.357. The third kappa shape index (κ3) is 5.20. The molecule has 2 aliphatic rings. The number of amides is 2. The van der Waals surface area contributed by atoms with Gasteiger partial charge in [-0.1, -0.05) is 50.1 Å². The van der Waals surface area contributed by atoms with Crippen molar-refractivity contribution in [2.45, 2.75) is 57.5 Å². The first-order valence-electron chi connectivity index (χ1n) is 12.3. The largest absolute Gasteiger partial charge is 0.454 e. The topological polar surface area (TPSA) is 67.9 Å². The fourth-order valence-electron chi connectivity index (χ4n) is 4.82. The molecule has 0 bridgehead atoms. The number of fused-ring (bicyclic) bond motifs is 1. The normalized spacial score (nSPS) is 15.7. The predicted octanol–water partition coefficient (Wildman–Crippen LogP) is 5.42. The maximum Gasteiger partial charge on any atom is 0.248 e. The molecule has 1 saturated carbocycles. The van der Waals surface area contributed by atoms with Gasteiger partial charge in [-0.25, -0.2) is 0 Å². The smallest absolute Gasteiger partial charge is 0.248 e. The molecule has 1 fully saturated rings. The third-order valence-corrected chi connectivity index (χ3v) is 7.60. The second-order valence-electron chi connectivity index (χ2n) is 9.05. The van der Waals surface area contributed by atoms with E-state index in [0.29, 0.717) is 17.2 Å². The van der Waals surface area contributed by atoms with Crippen LogP contribution in [0.3, 0.4) is 0 Å². The molecular weight excluding hydrogens is 460 g/mol. The van der Waals surface area contributed by atoms with Crippen LogP contribution in [0.25, 0.3) is 0 Å². The summed E-state index contributed by atoms with van der Waals surface area (Å²) in [6.45, 7) is 2.24. The molecule has 2 aromatic carbocycles. The van der Waals surface area contributed by atoms with E-state index in [1.807, 2.05) is 47.8 Å². The van der Waals surface area contributed by atoms with E-state index >= 15 is 0 Å². The summed E-state index contributed by atoms with van der Waals surface area (Å²) in [5.41, 5.74) is 2.58. The van der Waals surface area contributed by atoms with Crippen molar-refractivity contribution in [2.75, 3.05) is 11.7 Å². The monoisotopic (exact) mass is 490 g/mol. The van der Waals surface area contributed by atoms with Crippen LogP contribution in [-0.4, -0.2) is 24.6 Å². The molecular formula is C28H30N2O4S. The highest BCUT2D eigenvalue weighted by molar-refractivity contribution is 7.10. The van der Waals surface area contributed by atoms with Crippen LogP contribution in [0.5, 0.6) is 11.5 Å². The van der Waals surface area contributed by atoms with E-state index in [9.17, 15) is 9.59 Å². The third-order valence-electron chi connectivity index (χ3n) is 6.72. The van der Waals surface area contributed by atoms with Crippen LogP contribution in [0.4, 0.5) is 5.69 Å². The van der Waals surface area contributed by atoms with Crippen molar-refractivity contribution in [3.8, 4) is 11.5 Å². The number of hydrogen-bond donors (Lipinski definition) is 1. The van der Waals surface area contributed by atoms with Crippen LogP contribution in [0.1, 0.15) is 54.7 Å². The number of aryl methyl sites for hydroxylation is 1. The van der Waals surface area contributed by atoms with Crippen LogP contribution in [0, 0.1) is 0 Å². The molecule has 182 valence electrons. The van der Waals surface area contributed by atoms with E-state index < -0.39 is 6.04 Å². The van der Waals surface area contributed by atoms with Gasteiger partial charge in [-0.2, -0.15) is 0 Å². The van der Waals surface area contributed by atoms with Crippen LogP contribution >= 0.6 is 11.3 Å².